The van der Waals surface area contributed by atoms with Gasteiger partial charge in [-0.2, -0.15) is 0 Å². The first-order chi connectivity index (χ1) is 9.47. The maximum atomic E-state index is 12.0. The van der Waals surface area contributed by atoms with Gasteiger partial charge in [0.1, 0.15) is 0 Å². The van der Waals surface area contributed by atoms with E-state index in [2.05, 4.69) is 36.3 Å². The highest BCUT2D eigenvalue weighted by molar-refractivity contribution is 5.81. The standard InChI is InChI=1S/C16H31N3O/c1-5-8-18-12-9-13-6-7-14(10-12)19(13)11-16(2,3)15(20)17-4/h12-14,18H,5-11H2,1-4H3,(H,17,20). The number of hydrogen-bond donors (Lipinski definition) is 2. The van der Waals surface area contributed by atoms with Gasteiger partial charge in [0.15, 0.2) is 0 Å². The Labute approximate surface area is 123 Å². The summed E-state index contributed by atoms with van der Waals surface area (Å²) in [6, 6.07) is 2.03. The van der Waals surface area contributed by atoms with E-state index in [9.17, 15) is 4.79 Å². The molecule has 4 nitrogen and oxygen atoms in total. The van der Waals surface area contributed by atoms with Crippen LogP contribution in [0.2, 0.25) is 0 Å². The second-order valence-corrected chi connectivity index (χ2v) is 7.14. The van der Waals surface area contributed by atoms with E-state index in [4.69, 9.17) is 0 Å². The van der Waals surface area contributed by atoms with E-state index in [0.717, 1.165) is 13.1 Å². The third-order valence-electron chi connectivity index (χ3n) is 4.99. The predicted octanol–water partition coefficient (Wildman–Crippen LogP) is 1.75. The molecule has 1 amide bonds. The number of piperidine rings is 1. The van der Waals surface area contributed by atoms with Crippen molar-refractivity contribution in [2.75, 3.05) is 20.1 Å². The quantitative estimate of drug-likeness (QED) is 0.779. The average Bonchev–Trinajstić information content (AvgIpc) is 2.65. The lowest BCUT2D eigenvalue weighted by molar-refractivity contribution is -0.130. The zero-order valence-corrected chi connectivity index (χ0v) is 13.5. The van der Waals surface area contributed by atoms with Crippen molar-refractivity contribution >= 4 is 5.91 Å². The molecule has 2 rings (SSSR count). The van der Waals surface area contributed by atoms with Crippen molar-refractivity contribution < 1.29 is 4.79 Å². The highest BCUT2D eigenvalue weighted by Crippen LogP contribution is 2.37. The summed E-state index contributed by atoms with van der Waals surface area (Å²) >= 11 is 0. The van der Waals surface area contributed by atoms with Crippen molar-refractivity contribution in [3.05, 3.63) is 0 Å². The van der Waals surface area contributed by atoms with Gasteiger partial charge in [0.2, 0.25) is 5.91 Å². The van der Waals surface area contributed by atoms with Crippen molar-refractivity contribution in [2.24, 2.45) is 5.41 Å². The van der Waals surface area contributed by atoms with Gasteiger partial charge in [0.25, 0.3) is 0 Å². The van der Waals surface area contributed by atoms with Gasteiger partial charge in [0, 0.05) is 31.7 Å². The Morgan fingerprint density at radius 2 is 1.85 bits per heavy atom. The number of nitrogens with one attached hydrogen (secondary N) is 2. The molecule has 0 aliphatic carbocycles. The van der Waals surface area contributed by atoms with Gasteiger partial charge in [-0.1, -0.05) is 6.92 Å². The summed E-state index contributed by atoms with van der Waals surface area (Å²) in [7, 11) is 1.74. The number of nitrogens with zero attached hydrogens (tertiary/aromatic N) is 1. The highest BCUT2D eigenvalue weighted by Gasteiger charge is 2.43. The van der Waals surface area contributed by atoms with Crippen molar-refractivity contribution in [1.29, 1.82) is 0 Å². The molecule has 2 unspecified atom stereocenters. The molecule has 0 radical (unpaired) electrons. The number of amides is 1. The third-order valence-corrected chi connectivity index (χ3v) is 4.99. The topological polar surface area (TPSA) is 44.4 Å². The van der Waals surface area contributed by atoms with Crippen LogP contribution in [0.4, 0.5) is 0 Å². The third kappa shape index (κ3) is 3.34. The number of carbonyl (C=O) groups is 1. The van der Waals surface area contributed by atoms with Gasteiger partial charge in [-0.05, 0) is 52.5 Å². The monoisotopic (exact) mass is 281 g/mol. The smallest absolute Gasteiger partial charge is 0.226 e. The Kier molecular flexibility index (Phi) is 5.08. The summed E-state index contributed by atoms with van der Waals surface area (Å²) in [5, 5.41) is 6.49. The molecule has 2 N–H and O–H groups in total. The number of hydrogen-bond acceptors (Lipinski definition) is 3. The molecule has 2 atom stereocenters. The molecule has 20 heavy (non-hydrogen) atoms. The molecule has 2 bridgehead atoms. The number of fused-ring (bicyclic) bond motifs is 2. The van der Waals surface area contributed by atoms with Gasteiger partial charge in [-0.15, -0.1) is 0 Å². The SMILES string of the molecule is CCCNC1CC2CCC(C1)N2CC(C)(C)C(=O)NC. The van der Waals surface area contributed by atoms with Crippen LogP contribution in [0.15, 0.2) is 0 Å². The van der Waals surface area contributed by atoms with E-state index in [0.29, 0.717) is 18.1 Å². The molecule has 4 heteroatoms. The van der Waals surface area contributed by atoms with E-state index in [-0.39, 0.29) is 11.3 Å². The summed E-state index contributed by atoms with van der Waals surface area (Å²) in [5.74, 6) is 0.156. The van der Waals surface area contributed by atoms with Crippen LogP contribution in [0, 0.1) is 5.41 Å². The van der Waals surface area contributed by atoms with Crippen LogP contribution in [0.25, 0.3) is 0 Å². The highest BCUT2D eigenvalue weighted by atomic mass is 16.2. The fourth-order valence-corrected chi connectivity index (χ4v) is 3.91. The molecule has 0 aromatic carbocycles. The van der Waals surface area contributed by atoms with Crippen molar-refractivity contribution in [2.45, 2.75) is 71.0 Å². The Morgan fingerprint density at radius 3 is 2.35 bits per heavy atom. The number of rotatable bonds is 6. The fourth-order valence-electron chi connectivity index (χ4n) is 3.91. The zero-order chi connectivity index (χ0) is 14.8. The molecule has 2 fully saturated rings. The summed E-state index contributed by atoms with van der Waals surface area (Å²) in [5.41, 5.74) is -0.292. The molecule has 2 saturated heterocycles. The largest absolute Gasteiger partial charge is 0.359 e. The molecule has 116 valence electrons. The van der Waals surface area contributed by atoms with E-state index >= 15 is 0 Å². The van der Waals surface area contributed by atoms with Gasteiger partial charge in [0.05, 0.1) is 5.41 Å². The van der Waals surface area contributed by atoms with Crippen molar-refractivity contribution in [1.82, 2.24) is 15.5 Å². The maximum Gasteiger partial charge on any atom is 0.226 e. The molecular formula is C16H31N3O. The molecule has 2 aliphatic heterocycles. The van der Waals surface area contributed by atoms with E-state index in [1.807, 2.05) is 0 Å². The molecule has 0 aromatic heterocycles. The molecule has 2 aliphatic rings. The molecular weight excluding hydrogens is 250 g/mol. The van der Waals surface area contributed by atoms with Crippen LogP contribution in [-0.4, -0.2) is 49.1 Å². The Hall–Kier alpha value is -0.610. The molecule has 0 aromatic rings. The minimum Gasteiger partial charge on any atom is -0.359 e. The van der Waals surface area contributed by atoms with Gasteiger partial charge >= 0.3 is 0 Å². The van der Waals surface area contributed by atoms with Crippen LogP contribution >= 0.6 is 0 Å². The summed E-state index contributed by atoms with van der Waals surface area (Å²) in [6.45, 7) is 8.37. The van der Waals surface area contributed by atoms with Crippen molar-refractivity contribution in [3.63, 3.8) is 0 Å². The van der Waals surface area contributed by atoms with Gasteiger partial charge in [-0.25, -0.2) is 0 Å². The first-order valence-electron chi connectivity index (χ1n) is 8.19. The minimum atomic E-state index is -0.292. The summed E-state index contributed by atoms with van der Waals surface area (Å²) < 4.78 is 0. The normalized spacial score (nSPS) is 30.5. The Balaban J connectivity index is 1.94. The van der Waals surface area contributed by atoms with Gasteiger partial charge < -0.3 is 10.6 Å². The van der Waals surface area contributed by atoms with Crippen LogP contribution in [-0.2, 0) is 4.79 Å². The zero-order valence-electron chi connectivity index (χ0n) is 13.5. The molecule has 0 spiro atoms. The van der Waals surface area contributed by atoms with E-state index in [1.165, 1.54) is 32.1 Å². The second-order valence-electron chi connectivity index (χ2n) is 7.14. The van der Waals surface area contributed by atoms with Crippen LogP contribution in [0.5, 0.6) is 0 Å². The Morgan fingerprint density at radius 1 is 1.25 bits per heavy atom. The van der Waals surface area contributed by atoms with Crippen LogP contribution < -0.4 is 10.6 Å². The summed E-state index contributed by atoms with van der Waals surface area (Å²) in [4.78, 5) is 14.6. The van der Waals surface area contributed by atoms with E-state index in [1.54, 1.807) is 7.05 Å². The number of carbonyl (C=O) groups excluding carboxylic acids is 1. The second kappa shape index (κ2) is 6.44. The first kappa shape index (κ1) is 15.8. The van der Waals surface area contributed by atoms with Crippen molar-refractivity contribution in [3.8, 4) is 0 Å². The van der Waals surface area contributed by atoms with Crippen LogP contribution in [0.1, 0.15) is 52.9 Å². The minimum absolute atomic E-state index is 0.156. The molecule has 0 saturated carbocycles. The predicted molar refractivity (Wildman–Crippen MR) is 82.7 cm³/mol. The van der Waals surface area contributed by atoms with E-state index < -0.39 is 0 Å². The first-order valence-corrected chi connectivity index (χ1v) is 8.19. The Bertz CT molecular complexity index is 329. The summed E-state index contributed by atoms with van der Waals surface area (Å²) in [6.07, 6.45) is 6.32. The fraction of sp³-hybridized carbons (Fsp3) is 0.938. The average molecular weight is 281 g/mol. The molecule has 2 heterocycles. The lowest BCUT2D eigenvalue weighted by Gasteiger charge is -2.42. The van der Waals surface area contributed by atoms with Gasteiger partial charge in [-0.3, -0.25) is 9.69 Å². The lowest BCUT2D eigenvalue weighted by Crippen LogP contribution is -2.53. The maximum absolute atomic E-state index is 12.0. The van der Waals surface area contributed by atoms with Crippen LogP contribution in [0.3, 0.4) is 0 Å². The lowest BCUT2D eigenvalue weighted by atomic mass is 9.88.